The molecule has 2 heterocycles. The summed E-state index contributed by atoms with van der Waals surface area (Å²) in [5.74, 6) is 1.08. The SMILES string of the molecule is CNCC1CCCN1Cc1cc2ccccc2o1.Cl. The van der Waals surface area contributed by atoms with Crippen molar-refractivity contribution in [3.63, 3.8) is 0 Å². The van der Waals surface area contributed by atoms with Crippen LogP contribution in [0.3, 0.4) is 0 Å². The van der Waals surface area contributed by atoms with Crippen molar-refractivity contribution in [1.82, 2.24) is 10.2 Å². The Kier molecular flexibility index (Phi) is 4.86. The fraction of sp³-hybridized carbons (Fsp3) is 0.467. The van der Waals surface area contributed by atoms with Crippen LogP contribution < -0.4 is 5.32 Å². The number of rotatable bonds is 4. The fourth-order valence-electron chi connectivity index (χ4n) is 2.89. The second kappa shape index (κ2) is 6.42. The lowest BCUT2D eigenvalue weighted by molar-refractivity contribution is 0.225. The molecule has 1 fully saturated rings. The van der Waals surface area contributed by atoms with E-state index in [0.717, 1.165) is 24.4 Å². The van der Waals surface area contributed by atoms with Crippen molar-refractivity contribution >= 4 is 23.4 Å². The molecule has 1 aromatic heterocycles. The Bertz CT molecular complexity index is 493. The van der Waals surface area contributed by atoms with Gasteiger partial charge in [0.15, 0.2) is 0 Å². The van der Waals surface area contributed by atoms with Gasteiger partial charge in [0.25, 0.3) is 0 Å². The molecule has 0 radical (unpaired) electrons. The number of halogens is 1. The second-order valence-electron chi connectivity index (χ2n) is 5.07. The minimum absolute atomic E-state index is 0. The van der Waals surface area contributed by atoms with Crippen molar-refractivity contribution in [2.24, 2.45) is 0 Å². The number of likely N-dealkylation sites (tertiary alicyclic amines) is 1. The molecule has 0 saturated carbocycles. The molecule has 2 aromatic rings. The molecule has 0 amide bonds. The second-order valence-corrected chi connectivity index (χ2v) is 5.07. The number of benzene rings is 1. The first kappa shape index (κ1) is 14.4. The molecule has 1 aliphatic rings. The van der Waals surface area contributed by atoms with E-state index in [0.29, 0.717) is 6.04 Å². The van der Waals surface area contributed by atoms with Crippen molar-refractivity contribution in [1.29, 1.82) is 0 Å². The molecule has 19 heavy (non-hydrogen) atoms. The lowest BCUT2D eigenvalue weighted by Crippen LogP contribution is -2.36. The standard InChI is InChI=1S/C15H20N2O.ClH/c1-16-10-13-6-4-8-17(13)11-14-9-12-5-2-3-7-15(12)18-14;/h2-3,5,7,9,13,16H,4,6,8,10-11H2,1H3;1H. The lowest BCUT2D eigenvalue weighted by atomic mass is 10.2. The van der Waals surface area contributed by atoms with E-state index in [1.54, 1.807) is 0 Å². The van der Waals surface area contributed by atoms with Gasteiger partial charge in [-0.25, -0.2) is 0 Å². The van der Waals surface area contributed by atoms with E-state index in [1.165, 1.54) is 24.8 Å². The number of nitrogens with one attached hydrogen (secondary N) is 1. The Morgan fingerprint density at radius 1 is 1.37 bits per heavy atom. The van der Waals surface area contributed by atoms with Gasteiger partial charge in [0.2, 0.25) is 0 Å². The maximum absolute atomic E-state index is 5.89. The van der Waals surface area contributed by atoms with Crippen LogP contribution in [0.2, 0.25) is 0 Å². The molecule has 1 N–H and O–H groups in total. The fourth-order valence-corrected chi connectivity index (χ4v) is 2.89. The van der Waals surface area contributed by atoms with Crippen LogP contribution in [0.25, 0.3) is 11.0 Å². The number of hydrogen-bond donors (Lipinski definition) is 1. The molecule has 0 aliphatic carbocycles. The predicted octanol–water partition coefficient (Wildman–Crippen LogP) is 3.04. The first-order valence-corrected chi connectivity index (χ1v) is 6.73. The summed E-state index contributed by atoms with van der Waals surface area (Å²) in [6, 6.07) is 11.1. The zero-order valence-corrected chi connectivity index (χ0v) is 12.1. The van der Waals surface area contributed by atoms with Crippen LogP contribution in [0, 0.1) is 0 Å². The Morgan fingerprint density at radius 2 is 2.21 bits per heavy atom. The van der Waals surface area contributed by atoms with Gasteiger partial charge in [-0.3, -0.25) is 4.90 Å². The minimum atomic E-state index is 0. The summed E-state index contributed by atoms with van der Waals surface area (Å²) >= 11 is 0. The molecule has 1 saturated heterocycles. The van der Waals surface area contributed by atoms with Crippen LogP contribution in [-0.2, 0) is 6.54 Å². The van der Waals surface area contributed by atoms with Crippen LogP contribution in [0.4, 0.5) is 0 Å². The van der Waals surface area contributed by atoms with Crippen molar-refractivity contribution in [2.75, 3.05) is 20.1 Å². The van der Waals surface area contributed by atoms with Gasteiger partial charge >= 0.3 is 0 Å². The molecule has 1 aliphatic heterocycles. The Hall–Kier alpha value is -1.03. The van der Waals surface area contributed by atoms with E-state index in [2.05, 4.69) is 28.4 Å². The Labute approximate surface area is 120 Å². The van der Waals surface area contributed by atoms with Gasteiger partial charge in [0.05, 0.1) is 6.54 Å². The van der Waals surface area contributed by atoms with Gasteiger partial charge < -0.3 is 9.73 Å². The monoisotopic (exact) mass is 280 g/mol. The summed E-state index contributed by atoms with van der Waals surface area (Å²) in [5.41, 5.74) is 0.997. The largest absolute Gasteiger partial charge is 0.460 e. The third-order valence-corrected chi connectivity index (χ3v) is 3.77. The highest BCUT2D eigenvalue weighted by Gasteiger charge is 2.24. The van der Waals surface area contributed by atoms with Crippen molar-refractivity contribution in [3.05, 3.63) is 36.1 Å². The number of likely N-dealkylation sites (N-methyl/N-ethyl adjacent to an activating group) is 1. The van der Waals surface area contributed by atoms with Crippen LogP contribution in [-0.4, -0.2) is 31.1 Å². The Balaban J connectivity index is 0.00000133. The highest BCUT2D eigenvalue weighted by molar-refractivity contribution is 5.85. The highest BCUT2D eigenvalue weighted by Crippen LogP contribution is 2.24. The smallest absolute Gasteiger partial charge is 0.134 e. The summed E-state index contributed by atoms with van der Waals surface area (Å²) in [6.07, 6.45) is 2.59. The van der Waals surface area contributed by atoms with E-state index in [-0.39, 0.29) is 12.4 Å². The summed E-state index contributed by atoms with van der Waals surface area (Å²) in [6.45, 7) is 3.19. The van der Waals surface area contributed by atoms with Gasteiger partial charge in [0.1, 0.15) is 11.3 Å². The van der Waals surface area contributed by atoms with Gasteiger partial charge in [-0.1, -0.05) is 18.2 Å². The first-order chi connectivity index (χ1) is 8.86. The first-order valence-electron chi connectivity index (χ1n) is 6.73. The highest BCUT2D eigenvalue weighted by atomic mass is 35.5. The molecular weight excluding hydrogens is 260 g/mol. The molecule has 3 nitrogen and oxygen atoms in total. The van der Waals surface area contributed by atoms with Crippen molar-refractivity contribution in [2.45, 2.75) is 25.4 Å². The number of furan rings is 1. The maximum Gasteiger partial charge on any atom is 0.134 e. The average Bonchev–Trinajstić information content (AvgIpc) is 2.97. The lowest BCUT2D eigenvalue weighted by Gasteiger charge is -2.22. The van der Waals surface area contributed by atoms with Gasteiger partial charge in [-0.2, -0.15) is 0 Å². The van der Waals surface area contributed by atoms with E-state index < -0.39 is 0 Å². The molecule has 1 unspecified atom stereocenters. The third kappa shape index (κ3) is 3.11. The molecule has 4 heteroatoms. The van der Waals surface area contributed by atoms with E-state index in [9.17, 15) is 0 Å². The predicted molar refractivity (Wildman–Crippen MR) is 80.8 cm³/mol. The zero-order chi connectivity index (χ0) is 12.4. The number of nitrogens with zero attached hydrogens (tertiary/aromatic N) is 1. The molecular formula is C15H21ClN2O. The average molecular weight is 281 g/mol. The van der Waals surface area contributed by atoms with Gasteiger partial charge in [-0.15, -0.1) is 12.4 Å². The molecule has 3 rings (SSSR count). The zero-order valence-electron chi connectivity index (χ0n) is 11.3. The molecule has 1 aromatic carbocycles. The summed E-state index contributed by atoms with van der Waals surface area (Å²) < 4.78 is 5.89. The summed E-state index contributed by atoms with van der Waals surface area (Å²) in [7, 11) is 2.03. The number of fused-ring (bicyclic) bond motifs is 1. The van der Waals surface area contributed by atoms with Gasteiger partial charge in [-0.05, 0) is 38.6 Å². The summed E-state index contributed by atoms with van der Waals surface area (Å²) in [4.78, 5) is 2.52. The van der Waals surface area contributed by atoms with Crippen LogP contribution in [0.1, 0.15) is 18.6 Å². The van der Waals surface area contributed by atoms with Crippen molar-refractivity contribution in [3.8, 4) is 0 Å². The topological polar surface area (TPSA) is 28.4 Å². The van der Waals surface area contributed by atoms with E-state index >= 15 is 0 Å². The summed E-state index contributed by atoms with van der Waals surface area (Å²) in [5, 5.41) is 4.49. The van der Waals surface area contributed by atoms with Gasteiger partial charge in [0, 0.05) is 18.0 Å². The quantitative estimate of drug-likeness (QED) is 0.933. The third-order valence-electron chi connectivity index (χ3n) is 3.77. The van der Waals surface area contributed by atoms with Crippen molar-refractivity contribution < 1.29 is 4.42 Å². The van der Waals surface area contributed by atoms with Crippen LogP contribution in [0.5, 0.6) is 0 Å². The number of hydrogen-bond acceptors (Lipinski definition) is 3. The minimum Gasteiger partial charge on any atom is -0.460 e. The van der Waals surface area contributed by atoms with E-state index in [1.807, 2.05) is 19.2 Å². The van der Waals surface area contributed by atoms with Crippen LogP contribution in [0.15, 0.2) is 34.7 Å². The maximum atomic E-state index is 5.89. The molecule has 0 spiro atoms. The van der Waals surface area contributed by atoms with Crippen LogP contribution >= 0.6 is 12.4 Å². The molecule has 0 bridgehead atoms. The van der Waals surface area contributed by atoms with E-state index in [4.69, 9.17) is 4.42 Å². The number of para-hydroxylation sites is 1. The normalized spacial score (nSPS) is 19.7. The molecule has 1 atom stereocenters. The molecule has 104 valence electrons. The Morgan fingerprint density at radius 3 is 3.00 bits per heavy atom.